The number of aromatic nitrogens is 1. The standard InChI is InChI=1S/C18H16Cl2N2OS2/c19-12-5-6-15(14(20)9-12)21-18-22(10-13-3-1-7-23-13)16(11-25-18)17-4-2-8-24-17/h2,4-6,8-9,11,13H,1,3,7,10H2. The second kappa shape index (κ2) is 7.64. The van der Waals surface area contributed by atoms with E-state index in [0.717, 1.165) is 36.5 Å². The Morgan fingerprint density at radius 2 is 2.16 bits per heavy atom. The van der Waals surface area contributed by atoms with Gasteiger partial charge in [-0.2, -0.15) is 0 Å². The predicted octanol–water partition coefficient (Wildman–Crippen LogP) is 6.00. The number of hydrogen-bond donors (Lipinski definition) is 0. The molecule has 0 spiro atoms. The lowest BCUT2D eigenvalue weighted by Gasteiger charge is -2.13. The third kappa shape index (κ3) is 3.86. The summed E-state index contributed by atoms with van der Waals surface area (Å²) >= 11 is 15.6. The topological polar surface area (TPSA) is 26.5 Å². The number of thiophene rings is 1. The fourth-order valence-corrected chi connectivity index (χ4v) is 5.08. The fourth-order valence-electron chi connectivity index (χ4n) is 2.88. The Balaban J connectivity index is 1.79. The van der Waals surface area contributed by atoms with Crippen molar-refractivity contribution in [1.82, 2.24) is 4.57 Å². The highest BCUT2D eigenvalue weighted by Crippen LogP contribution is 2.29. The third-order valence-electron chi connectivity index (χ3n) is 4.11. The second-order valence-electron chi connectivity index (χ2n) is 5.83. The zero-order valence-electron chi connectivity index (χ0n) is 13.3. The first-order valence-electron chi connectivity index (χ1n) is 8.04. The van der Waals surface area contributed by atoms with Crippen LogP contribution in [-0.2, 0) is 11.3 Å². The van der Waals surface area contributed by atoms with Crippen molar-refractivity contribution < 1.29 is 4.74 Å². The largest absolute Gasteiger partial charge is 0.376 e. The average molecular weight is 411 g/mol. The Morgan fingerprint density at radius 1 is 1.24 bits per heavy atom. The van der Waals surface area contributed by atoms with E-state index >= 15 is 0 Å². The summed E-state index contributed by atoms with van der Waals surface area (Å²) in [5, 5.41) is 5.42. The summed E-state index contributed by atoms with van der Waals surface area (Å²) in [7, 11) is 0. The van der Waals surface area contributed by atoms with Crippen LogP contribution in [0, 0.1) is 0 Å². The van der Waals surface area contributed by atoms with Crippen molar-refractivity contribution in [3.05, 3.63) is 55.9 Å². The van der Waals surface area contributed by atoms with Crippen molar-refractivity contribution in [1.29, 1.82) is 0 Å². The Labute approximate surface area is 164 Å². The van der Waals surface area contributed by atoms with Crippen LogP contribution in [0.2, 0.25) is 10.0 Å². The number of nitrogens with zero attached hydrogens (tertiary/aromatic N) is 2. The van der Waals surface area contributed by atoms with Gasteiger partial charge >= 0.3 is 0 Å². The van der Waals surface area contributed by atoms with Gasteiger partial charge in [0.2, 0.25) is 0 Å². The van der Waals surface area contributed by atoms with Gasteiger partial charge in [0, 0.05) is 17.0 Å². The zero-order chi connectivity index (χ0) is 17.2. The quantitative estimate of drug-likeness (QED) is 0.518. The van der Waals surface area contributed by atoms with Crippen LogP contribution in [-0.4, -0.2) is 17.3 Å². The van der Waals surface area contributed by atoms with Crippen LogP contribution >= 0.6 is 45.9 Å². The van der Waals surface area contributed by atoms with Crippen molar-refractivity contribution in [2.75, 3.05) is 6.61 Å². The summed E-state index contributed by atoms with van der Waals surface area (Å²) in [6.07, 6.45) is 2.46. The highest BCUT2D eigenvalue weighted by molar-refractivity contribution is 7.14. The molecule has 1 saturated heterocycles. The Kier molecular flexibility index (Phi) is 5.29. The first kappa shape index (κ1) is 17.3. The molecular weight excluding hydrogens is 395 g/mol. The normalized spacial score (nSPS) is 18.2. The molecule has 1 aliphatic heterocycles. The summed E-state index contributed by atoms with van der Waals surface area (Å²) in [6, 6.07) is 9.59. The molecule has 4 rings (SSSR count). The smallest absolute Gasteiger partial charge is 0.190 e. The molecule has 1 aliphatic rings. The summed E-state index contributed by atoms with van der Waals surface area (Å²) in [4.78, 5) is 6.95. The van der Waals surface area contributed by atoms with E-state index in [1.54, 1.807) is 28.7 Å². The molecule has 3 aromatic rings. The van der Waals surface area contributed by atoms with Gasteiger partial charge in [0.05, 0.1) is 33.9 Å². The Hall–Kier alpha value is -1.11. The van der Waals surface area contributed by atoms with Crippen LogP contribution in [0.15, 0.2) is 46.1 Å². The summed E-state index contributed by atoms with van der Waals surface area (Å²) in [5.41, 5.74) is 1.91. The number of thiazole rings is 1. The molecule has 1 aromatic carbocycles. The summed E-state index contributed by atoms with van der Waals surface area (Å²) in [6.45, 7) is 1.65. The van der Waals surface area contributed by atoms with Crippen LogP contribution < -0.4 is 4.80 Å². The molecule has 0 bridgehead atoms. The van der Waals surface area contributed by atoms with Crippen molar-refractivity contribution in [2.24, 2.45) is 4.99 Å². The highest BCUT2D eigenvalue weighted by atomic mass is 35.5. The van der Waals surface area contributed by atoms with E-state index in [2.05, 4.69) is 27.5 Å². The predicted molar refractivity (Wildman–Crippen MR) is 106 cm³/mol. The number of ether oxygens (including phenoxy) is 1. The number of hydrogen-bond acceptors (Lipinski definition) is 4. The van der Waals surface area contributed by atoms with Gasteiger partial charge in [0.25, 0.3) is 0 Å². The van der Waals surface area contributed by atoms with Gasteiger partial charge in [0.15, 0.2) is 4.80 Å². The lowest BCUT2D eigenvalue weighted by Crippen LogP contribution is -2.23. The molecule has 25 heavy (non-hydrogen) atoms. The number of benzene rings is 1. The number of rotatable bonds is 4. The van der Waals surface area contributed by atoms with Crippen LogP contribution in [0.1, 0.15) is 12.8 Å². The molecule has 2 aromatic heterocycles. The number of halogens is 2. The van der Waals surface area contributed by atoms with E-state index in [9.17, 15) is 0 Å². The van der Waals surface area contributed by atoms with Gasteiger partial charge < -0.3 is 9.30 Å². The average Bonchev–Trinajstić information content (AvgIpc) is 3.33. The van der Waals surface area contributed by atoms with Crippen molar-refractivity contribution in [2.45, 2.75) is 25.5 Å². The van der Waals surface area contributed by atoms with E-state index in [1.165, 1.54) is 10.6 Å². The molecule has 0 radical (unpaired) electrons. The van der Waals surface area contributed by atoms with Crippen LogP contribution in [0.3, 0.4) is 0 Å². The van der Waals surface area contributed by atoms with E-state index in [1.807, 2.05) is 12.1 Å². The highest BCUT2D eigenvalue weighted by Gasteiger charge is 2.19. The monoisotopic (exact) mass is 410 g/mol. The Morgan fingerprint density at radius 3 is 2.88 bits per heavy atom. The molecule has 3 heterocycles. The maximum absolute atomic E-state index is 6.30. The molecule has 0 N–H and O–H groups in total. The lowest BCUT2D eigenvalue weighted by molar-refractivity contribution is 0.0968. The first-order chi connectivity index (χ1) is 12.2. The maximum Gasteiger partial charge on any atom is 0.190 e. The van der Waals surface area contributed by atoms with Crippen molar-refractivity contribution in [3.8, 4) is 10.6 Å². The maximum atomic E-state index is 6.30. The molecule has 130 valence electrons. The molecule has 0 amide bonds. The zero-order valence-corrected chi connectivity index (χ0v) is 16.5. The minimum absolute atomic E-state index is 0.243. The Bertz CT molecular complexity index is 925. The van der Waals surface area contributed by atoms with Gasteiger partial charge in [0.1, 0.15) is 0 Å². The van der Waals surface area contributed by atoms with E-state index in [4.69, 9.17) is 32.9 Å². The molecule has 1 unspecified atom stereocenters. The van der Waals surface area contributed by atoms with Crippen molar-refractivity contribution in [3.63, 3.8) is 0 Å². The molecule has 0 aliphatic carbocycles. The minimum atomic E-state index is 0.243. The van der Waals surface area contributed by atoms with Crippen LogP contribution in [0.25, 0.3) is 10.6 Å². The first-order valence-corrected chi connectivity index (χ1v) is 10.6. The van der Waals surface area contributed by atoms with Gasteiger partial charge in [-0.25, -0.2) is 4.99 Å². The van der Waals surface area contributed by atoms with Gasteiger partial charge in [-0.3, -0.25) is 0 Å². The van der Waals surface area contributed by atoms with E-state index in [-0.39, 0.29) is 6.10 Å². The SMILES string of the molecule is Clc1ccc(N=c2scc(-c3cccs3)n2CC2CCCO2)c(Cl)c1. The van der Waals surface area contributed by atoms with E-state index in [0.29, 0.717) is 10.0 Å². The summed E-state index contributed by atoms with van der Waals surface area (Å²) < 4.78 is 8.09. The molecule has 1 atom stereocenters. The van der Waals surface area contributed by atoms with E-state index < -0.39 is 0 Å². The molecule has 7 heteroatoms. The molecule has 3 nitrogen and oxygen atoms in total. The van der Waals surface area contributed by atoms with Crippen LogP contribution in [0.5, 0.6) is 0 Å². The molecular formula is C18H16Cl2N2OS2. The van der Waals surface area contributed by atoms with Gasteiger partial charge in [-0.1, -0.05) is 29.3 Å². The second-order valence-corrected chi connectivity index (χ2v) is 8.46. The molecule has 0 saturated carbocycles. The lowest BCUT2D eigenvalue weighted by atomic mass is 10.2. The minimum Gasteiger partial charge on any atom is -0.376 e. The third-order valence-corrected chi connectivity index (χ3v) is 6.40. The fraction of sp³-hybridized carbons (Fsp3) is 0.278. The van der Waals surface area contributed by atoms with Crippen LogP contribution in [0.4, 0.5) is 5.69 Å². The van der Waals surface area contributed by atoms with Gasteiger partial charge in [-0.15, -0.1) is 22.7 Å². The molecule has 1 fully saturated rings. The van der Waals surface area contributed by atoms with Gasteiger partial charge in [-0.05, 0) is 42.5 Å². The van der Waals surface area contributed by atoms with Crippen molar-refractivity contribution >= 4 is 51.6 Å². The summed E-state index contributed by atoms with van der Waals surface area (Å²) in [5.74, 6) is 0.